The number of imidazole rings is 1. The van der Waals surface area contributed by atoms with Gasteiger partial charge in [-0.05, 0) is 52.6 Å². The van der Waals surface area contributed by atoms with E-state index in [-0.39, 0.29) is 23.9 Å². The molecule has 6 heteroatoms. The van der Waals surface area contributed by atoms with Gasteiger partial charge in [-0.2, -0.15) is 11.3 Å². The number of nitrogens with one attached hydrogen (secondary N) is 2. The minimum Gasteiger partial charge on any atom is -0.346 e. The maximum absolute atomic E-state index is 13.1. The largest absolute Gasteiger partial charge is 0.346 e. The van der Waals surface area contributed by atoms with Crippen LogP contribution in [0.4, 0.5) is 0 Å². The lowest BCUT2D eigenvalue weighted by atomic mass is 9.97. The maximum Gasteiger partial charge on any atom is 0.223 e. The molecule has 3 unspecified atom stereocenters. The van der Waals surface area contributed by atoms with E-state index in [4.69, 9.17) is 4.98 Å². The van der Waals surface area contributed by atoms with Gasteiger partial charge in [0.25, 0.3) is 0 Å². The number of hydrogen-bond donors (Lipinski definition) is 2. The molecule has 5 nitrogen and oxygen atoms in total. The summed E-state index contributed by atoms with van der Waals surface area (Å²) in [6.45, 7) is 4.29. The second kappa shape index (κ2) is 8.66. The van der Waals surface area contributed by atoms with E-state index in [9.17, 15) is 4.79 Å². The highest BCUT2D eigenvalue weighted by Crippen LogP contribution is 2.27. The molecule has 3 heterocycles. The number of carbonyl (C=O) groups excluding carboxylic acids is 1. The molecule has 0 spiro atoms. The Morgan fingerprint density at radius 1 is 1.21 bits per heavy atom. The van der Waals surface area contributed by atoms with Crippen LogP contribution in [0.15, 0.2) is 65.6 Å². The van der Waals surface area contributed by atoms with Crippen LogP contribution in [0.3, 0.4) is 0 Å². The Morgan fingerprint density at radius 3 is 2.69 bits per heavy atom. The summed E-state index contributed by atoms with van der Waals surface area (Å²) < 4.78 is 2.10. The normalized spacial score (nSPS) is 14.6. The summed E-state index contributed by atoms with van der Waals surface area (Å²) in [7, 11) is 0. The summed E-state index contributed by atoms with van der Waals surface area (Å²) in [6, 6.07) is 13.9. The van der Waals surface area contributed by atoms with Crippen molar-refractivity contribution in [3.8, 4) is 0 Å². The molecule has 3 aromatic heterocycles. The smallest absolute Gasteiger partial charge is 0.223 e. The van der Waals surface area contributed by atoms with Gasteiger partial charge in [0, 0.05) is 12.4 Å². The van der Waals surface area contributed by atoms with Gasteiger partial charge in [-0.25, -0.2) is 4.98 Å². The van der Waals surface area contributed by atoms with Crippen LogP contribution in [0.2, 0.25) is 0 Å². The first-order valence-electron chi connectivity index (χ1n) is 10.0. The Kier molecular flexibility index (Phi) is 5.81. The first-order chi connectivity index (χ1) is 14.2. The summed E-state index contributed by atoms with van der Waals surface area (Å²) in [5.74, 6) is 1.12. The second-order valence-corrected chi connectivity index (χ2v) is 8.26. The van der Waals surface area contributed by atoms with Crippen molar-refractivity contribution in [3.05, 3.63) is 77.0 Å². The molecule has 2 N–H and O–H groups in total. The first kappa shape index (κ1) is 19.5. The first-order valence-corrected chi connectivity index (χ1v) is 11.0. The molecule has 4 aromatic rings. The lowest BCUT2D eigenvalue weighted by molar-refractivity contribution is -0.122. The predicted octanol–water partition coefficient (Wildman–Crippen LogP) is 5.31. The van der Waals surface area contributed by atoms with Crippen LogP contribution in [-0.4, -0.2) is 20.4 Å². The molecule has 29 heavy (non-hydrogen) atoms. The molecule has 0 saturated heterocycles. The number of benzene rings is 1. The van der Waals surface area contributed by atoms with E-state index in [0.717, 1.165) is 28.8 Å². The van der Waals surface area contributed by atoms with Crippen molar-refractivity contribution in [1.82, 2.24) is 19.9 Å². The molecule has 0 fully saturated rings. The highest BCUT2D eigenvalue weighted by Gasteiger charge is 2.26. The Hall–Kier alpha value is -2.86. The molecule has 0 aliphatic heterocycles. The predicted molar refractivity (Wildman–Crippen MR) is 118 cm³/mol. The van der Waals surface area contributed by atoms with Gasteiger partial charge in [0.15, 0.2) is 0 Å². The van der Waals surface area contributed by atoms with Gasteiger partial charge < -0.3 is 14.9 Å². The fourth-order valence-electron chi connectivity index (χ4n) is 3.66. The lowest BCUT2D eigenvalue weighted by Gasteiger charge is -2.24. The number of hydrogen-bond acceptors (Lipinski definition) is 3. The third-order valence-corrected chi connectivity index (χ3v) is 6.23. The van der Waals surface area contributed by atoms with Crippen LogP contribution in [0, 0.1) is 5.92 Å². The van der Waals surface area contributed by atoms with E-state index in [1.807, 2.05) is 48.8 Å². The zero-order valence-corrected chi connectivity index (χ0v) is 17.5. The van der Waals surface area contributed by atoms with Crippen molar-refractivity contribution >= 4 is 28.3 Å². The van der Waals surface area contributed by atoms with Crippen LogP contribution in [0.1, 0.15) is 50.2 Å². The zero-order valence-electron chi connectivity index (χ0n) is 16.7. The highest BCUT2D eigenvalue weighted by atomic mass is 32.1. The number of thiophene rings is 1. The number of para-hydroxylation sites is 2. The van der Waals surface area contributed by atoms with E-state index in [1.165, 1.54) is 0 Å². The number of rotatable bonds is 8. The van der Waals surface area contributed by atoms with Gasteiger partial charge in [-0.1, -0.05) is 32.4 Å². The average Bonchev–Trinajstić information content (AvgIpc) is 3.50. The van der Waals surface area contributed by atoms with Crippen molar-refractivity contribution in [2.24, 2.45) is 5.92 Å². The fraction of sp³-hybridized carbons (Fsp3) is 0.304. The Morgan fingerprint density at radius 2 is 2.00 bits per heavy atom. The Bertz CT molecular complexity index is 985. The van der Waals surface area contributed by atoms with Gasteiger partial charge in [0.05, 0.1) is 29.5 Å². The third-order valence-electron chi connectivity index (χ3n) is 5.53. The van der Waals surface area contributed by atoms with Gasteiger partial charge in [-0.3, -0.25) is 4.79 Å². The quantitative estimate of drug-likeness (QED) is 0.417. The molecular weight excluding hydrogens is 380 g/mol. The molecule has 150 valence electrons. The summed E-state index contributed by atoms with van der Waals surface area (Å²) >= 11 is 1.65. The van der Waals surface area contributed by atoms with Crippen molar-refractivity contribution in [2.75, 3.05) is 0 Å². The number of amides is 1. The van der Waals surface area contributed by atoms with E-state index in [1.54, 1.807) is 11.3 Å². The molecule has 0 radical (unpaired) electrons. The fourth-order valence-corrected chi connectivity index (χ4v) is 4.37. The van der Waals surface area contributed by atoms with Gasteiger partial charge in [0.2, 0.25) is 5.91 Å². The van der Waals surface area contributed by atoms with Crippen molar-refractivity contribution in [2.45, 2.75) is 38.8 Å². The van der Waals surface area contributed by atoms with Crippen LogP contribution in [-0.2, 0) is 4.79 Å². The molecule has 0 aliphatic rings. The number of aromatic nitrogens is 3. The molecule has 3 atom stereocenters. The number of aromatic amines is 1. The monoisotopic (exact) mass is 406 g/mol. The summed E-state index contributed by atoms with van der Waals surface area (Å²) in [6.07, 6.45) is 5.37. The highest BCUT2D eigenvalue weighted by molar-refractivity contribution is 7.08. The van der Waals surface area contributed by atoms with E-state index in [0.29, 0.717) is 6.42 Å². The van der Waals surface area contributed by atoms with Crippen molar-refractivity contribution < 1.29 is 4.79 Å². The topological polar surface area (TPSA) is 62.7 Å². The summed E-state index contributed by atoms with van der Waals surface area (Å²) in [4.78, 5) is 21.2. The van der Waals surface area contributed by atoms with Gasteiger partial charge in [0.1, 0.15) is 5.82 Å². The van der Waals surface area contributed by atoms with Gasteiger partial charge in [-0.15, -0.1) is 0 Å². The van der Waals surface area contributed by atoms with Crippen molar-refractivity contribution in [3.63, 3.8) is 0 Å². The minimum atomic E-state index is -0.146. The lowest BCUT2D eigenvalue weighted by Crippen LogP contribution is -2.34. The molecule has 0 saturated carbocycles. The Balaban J connectivity index is 1.56. The molecule has 1 amide bonds. The van der Waals surface area contributed by atoms with E-state index < -0.39 is 0 Å². The summed E-state index contributed by atoms with van der Waals surface area (Å²) in [5, 5.41) is 7.43. The SMILES string of the molecule is CCC(C)C(NC(=O)CC(c1ccsc1)n1cccc1)c1nc2ccccc2[nH]1. The van der Waals surface area contributed by atoms with E-state index >= 15 is 0 Å². The average molecular weight is 407 g/mol. The molecule has 0 aliphatic carbocycles. The zero-order chi connectivity index (χ0) is 20.2. The van der Waals surface area contributed by atoms with Crippen LogP contribution in [0.5, 0.6) is 0 Å². The number of nitrogens with zero attached hydrogens (tertiary/aromatic N) is 2. The van der Waals surface area contributed by atoms with Crippen LogP contribution < -0.4 is 5.32 Å². The number of carbonyl (C=O) groups is 1. The standard InChI is InChI=1S/C23H26N4OS/c1-3-16(2)22(23-24-18-8-4-5-9-19(18)25-23)26-21(28)14-20(17-10-13-29-15-17)27-11-6-7-12-27/h4-13,15-16,20,22H,3,14H2,1-2H3,(H,24,25)(H,26,28). The number of fused-ring (bicyclic) bond motifs is 1. The third kappa shape index (κ3) is 4.27. The van der Waals surface area contributed by atoms with Crippen LogP contribution >= 0.6 is 11.3 Å². The Labute approximate surface area is 174 Å². The molecule has 0 bridgehead atoms. The molecule has 1 aromatic carbocycles. The molecular formula is C23H26N4OS. The number of H-pyrrole nitrogens is 1. The summed E-state index contributed by atoms with van der Waals surface area (Å²) in [5.41, 5.74) is 3.08. The maximum atomic E-state index is 13.1. The second-order valence-electron chi connectivity index (χ2n) is 7.48. The van der Waals surface area contributed by atoms with Gasteiger partial charge >= 0.3 is 0 Å². The minimum absolute atomic E-state index is 0.00972. The van der Waals surface area contributed by atoms with E-state index in [2.05, 4.69) is 45.5 Å². The van der Waals surface area contributed by atoms with Crippen LogP contribution in [0.25, 0.3) is 11.0 Å². The molecule has 4 rings (SSSR count). The van der Waals surface area contributed by atoms with Crippen molar-refractivity contribution in [1.29, 1.82) is 0 Å².